The third kappa shape index (κ3) is 3.06. The van der Waals surface area contributed by atoms with Crippen LogP contribution in [-0.4, -0.2) is 29.4 Å². The van der Waals surface area contributed by atoms with E-state index in [1.54, 1.807) is 6.08 Å². The maximum atomic E-state index is 7.93. The molecule has 1 aliphatic rings. The van der Waals surface area contributed by atoms with Crippen LogP contribution in [0.3, 0.4) is 0 Å². The van der Waals surface area contributed by atoms with Crippen LogP contribution in [0.1, 0.15) is 16.7 Å². The first kappa shape index (κ1) is 13.0. The van der Waals surface area contributed by atoms with Crippen molar-refractivity contribution in [3.63, 3.8) is 0 Å². The van der Waals surface area contributed by atoms with E-state index < -0.39 is 0 Å². The predicted molar refractivity (Wildman–Crippen MR) is 76.0 cm³/mol. The van der Waals surface area contributed by atoms with Gasteiger partial charge < -0.3 is 10.3 Å². The molecule has 0 atom stereocenters. The Morgan fingerprint density at radius 3 is 2.78 bits per heavy atom. The molecule has 0 unspecified atom stereocenters. The van der Waals surface area contributed by atoms with Gasteiger partial charge in [-0.25, -0.2) is 0 Å². The number of nitrogens with one attached hydrogen (secondary N) is 2. The average Bonchev–Trinajstić information content (AvgIpc) is 2.34. The maximum Gasteiger partial charge on any atom is 0.120 e. The summed E-state index contributed by atoms with van der Waals surface area (Å²) in [6, 6.07) is 6.14. The van der Waals surface area contributed by atoms with Crippen molar-refractivity contribution in [2.75, 3.05) is 13.6 Å². The number of rotatable bonds is 3. The summed E-state index contributed by atoms with van der Waals surface area (Å²) < 4.78 is 0. The minimum absolute atomic E-state index is 0.0579. The number of allylic oxidation sites excluding steroid dienone is 2. The minimum Gasteiger partial charge on any atom is -0.302 e. The van der Waals surface area contributed by atoms with Gasteiger partial charge in [0, 0.05) is 13.1 Å². The number of hydrogen-bond donors (Lipinski definition) is 2. The average molecular weight is 262 g/mol. The minimum atomic E-state index is -0.0579. The van der Waals surface area contributed by atoms with Crippen LogP contribution in [0.5, 0.6) is 0 Å². The molecule has 3 nitrogen and oxygen atoms in total. The van der Waals surface area contributed by atoms with Gasteiger partial charge in [0.2, 0.25) is 0 Å². The summed E-state index contributed by atoms with van der Waals surface area (Å²) in [6.07, 6.45) is 4.06. The first-order chi connectivity index (χ1) is 8.56. The van der Waals surface area contributed by atoms with Crippen molar-refractivity contribution in [2.45, 2.75) is 13.0 Å². The van der Waals surface area contributed by atoms with E-state index in [0.29, 0.717) is 5.71 Å². The highest BCUT2D eigenvalue weighted by atomic mass is 35.5. The topological polar surface area (TPSA) is 50.9 Å². The Kier molecular flexibility index (Phi) is 3.94. The number of hydrogen-bond acceptors (Lipinski definition) is 3. The molecule has 0 amide bonds. The molecular formula is C14H16ClN3. The molecule has 1 aromatic rings. The van der Waals surface area contributed by atoms with E-state index >= 15 is 0 Å². The maximum absolute atomic E-state index is 7.93. The number of fused-ring (bicyclic) bond motifs is 1. The zero-order chi connectivity index (χ0) is 13.1. The van der Waals surface area contributed by atoms with E-state index in [9.17, 15) is 0 Å². The Bertz CT molecular complexity index is 520. The van der Waals surface area contributed by atoms with Crippen molar-refractivity contribution < 1.29 is 0 Å². The Morgan fingerprint density at radius 1 is 1.28 bits per heavy atom. The smallest absolute Gasteiger partial charge is 0.120 e. The molecule has 2 N–H and O–H groups in total. The summed E-state index contributed by atoms with van der Waals surface area (Å²) in [6.45, 7) is 2.03. The lowest BCUT2D eigenvalue weighted by molar-refractivity contribution is 0.313. The van der Waals surface area contributed by atoms with Gasteiger partial charge in [-0.05, 0) is 48.4 Å². The van der Waals surface area contributed by atoms with Gasteiger partial charge in [0.1, 0.15) is 5.17 Å². The molecule has 18 heavy (non-hydrogen) atoms. The molecule has 1 heterocycles. The molecule has 0 fully saturated rings. The van der Waals surface area contributed by atoms with E-state index in [1.165, 1.54) is 17.2 Å². The van der Waals surface area contributed by atoms with E-state index in [0.717, 1.165) is 25.1 Å². The summed E-state index contributed by atoms with van der Waals surface area (Å²) in [4.78, 5) is 2.28. The molecule has 2 rings (SSSR count). The van der Waals surface area contributed by atoms with Gasteiger partial charge in [0.15, 0.2) is 0 Å². The second kappa shape index (κ2) is 5.46. The standard InChI is InChI=1S/C14H16ClN3/c1-18-7-6-10-2-3-11(8-12(10)9-18)13(16)4-5-14(15)17/h2-5,8,16-17H,6-7,9H2,1H3/b5-4-,16-13?,17-14?. The van der Waals surface area contributed by atoms with Crippen LogP contribution in [0.4, 0.5) is 0 Å². The number of halogens is 1. The van der Waals surface area contributed by atoms with Crippen LogP contribution in [0.2, 0.25) is 0 Å². The molecule has 0 saturated carbocycles. The lowest BCUT2D eigenvalue weighted by Gasteiger charge is -2.25. The van der Waals surface area contributed by atoms with Crippen molar-refractivity contribution in [3.05, 3.63) is 47.0 Å². The molecule has 1 aromatic carbocycles. The molecule has 4 heteroatoms. The molecule has 0 saturated heterocycles. The zero-order valence-electron chi connectivity index (χ0n) is 10.3. The van der Waals surface area contributed by atoms with Gasteiger partial charge in [0.05, 0.1) is 5.71 Å². The van der Waals surface area contributed by atoms with Gasteiger partial charge in [-0.15, -0.1) is 0 Å². The lowest BCUT2D eigenvalue weighted by Crippen LogP contribution is -2.26. The quantitative estimate of drug-likeness (QED) is 0.808. The summed E-state index contributed by atoms with van der Waals surface area (Å²) in [5, 5.41) is 15.0. The summed E-state index contributed by atoms with van der Waals surface area (Å²) in [7, 11) is 2.11. The predicted octanol–water partition coefficient (Wildman–Crippen LogP) is 2.81. The highest BCUT2D eigenvalue weighted by Gasteiger charge is 2.13. The van der Waals surface area contributed by atoms with Gasteiger partial charge in [-0.3, -0.25) is 5.41 Å². The van der Waals surface area contributed by atoms with Crippen molar-refractivity contribution >= 4 is 22.5 Å². The van der Waals surface area contributed by atoms with Gasteiger partial charge >= 0.3 is 0 Å². The zero-order valence-corrected chi connectivity index (χ0v) is 11.1. The summed E-state index contributed by atoms with van der Waals surface area (Å²) in [5.74, 6) is 0. The Hall–Kier alpha value is -1.45. The number of benzene rings is 1. The molecular weight excluding hydrogens is 246 g/mol. The Labute approximate surface area is 112 Å². The van der Waals surface area contributed by atoms with Crippen molar-refractivity contribution in [3.8, 4) is 0 Å². The molecule has 0 spiro atoms. The number of likely N-dealkylation sites (N-methyl/N-ethyl adjacent to an activating group) is 1. The van der Waals surface area contributed by atoms with E-state index in [4.69, 9.17) is 22.4 Å². The van der Waals surface area contributed by atoms with E-state index in [1.807, 2.05) is 6.07 Å². The summed E-state index contributed by atoms with van der Waals surface area (Å²) >= 11 is 5.44. The van der Waals surface area contributed by atoms with Crippen LogP contribution in [0.15, 0.2) is 30.4 Å². The fraction of sp³-hybridized carbons (Fsp3) is 0.286. The second-order valence-electron chi connectivity index (χ2n) is 4.57. The monoisotopic (exact) mass is 261 g/mol. The highest BCUT2D eigenvalue weighted by molar-refractivity contribution is 6.67. The van der Waals surface area contributed by atoms with Crippen LogP contribution >= 0.6 is 11.6 Å². The first-order valence-electron chi connectivity index (χ1n) is 5.87. The highest BCUT2D eigenvalue weighted by Crippen LogP contribution is 2.19. The van der Waals surface area contributed by atoms with Crippen molar-refractivity contribution in [2.24, 2.45) is 0 Å². The van der Waals surface area contributed by atoms with E-state index in [2.05, 4.69) is 24.1 Å². The van der Waals surface area contributed by atoms with Crippen LogP contribution in [0.25, 0.3) is 0 Å². The van der Waals surface area contributed by atoms with Crippen molar-refractivity contribution in [1.82, 2.24) is 4.90 Å². The third-order valence-electron chi connectivity index (χ3n) is 3.12. The first-order valence-corrected chi connectivity index (χ1v) is 6.25. The second-order valence-corrected chi connectivity index (χ2v) is 4.97. The molecule has 0 radical (unpaired) electrons. The van der Waals surface area contributed by atoms with Gasteiger partial charge in [-0.2, -0.15) is 0 Å². The third-order valence-corrected chi connectivity index (χ3v) is 3.24. The molecule has 0 aliphatic carbocycles. The summed E-state index contributed by atoms with van der Waals surface area (Å²) in [5.41, 5.74) is 3.92. The normalized spacial score (nSPS) is 15.7. The SMILES string of the molecule is CN1CCc2ccc(C(=N)/C=C\C(=N)Cl)cc2C1. The molecule has 0 aromatic heterocycles. The molecule has 0 bridgehead atoms. The van der Waals surface area contributed by atoms with Crippen LogP contribution in [-0.2, 0) is 13.0 Å². The Balaban J connectivity index is 2.23. The van der Waals surface area contributed by atoms with Crippen LogP contribution < -0.4 is 0 Å². The fourth-order valence-corrected chi connectivity index (χ4v) is 2.18. The van der Waals surface area contributed by atoms with Crippen molar-refractivity contribution in [1.29, 1.82) is 10.8 Å². The largest absolute Gasteiger partial charge is 0.302 e. The molecule has 94 valence electrons. The van der Waals surface area contributed by atoms with Crippen LogP contribution in [0, 0.1) is 10.8 Å². The Morgan fingerprint density at radius 2 is 2.06 bits per heavy atom. The molecule has 1 aliphatic heterocycles. The lowest BCUT2D eigenvalue weighted by atomic mass is 9.96. The number of nitrogens with zero attached hydrogens (tertiary/aromatic N) is 1. The van der Waals surface area contributed by atoms with E-state index in [-0.39, 0.29) is 5.17 Å². The fourth-order valence-electron chi connectivity index (χ4n) is 2.12. The van der Waals surface area contributed by atoms with Gasteiger partial charge in [-0.1, -0.05) is 23.7 Å². The van der Waals surface area contributed by atoms with Gasteiger partial charge in [0.25, 0.3) is 0 Å².